The van der Waals surface area contributed by atoms with Gasteiger partial charge in [0.25, 0.3) is 5.56 Å². The van der Waals surface area contributed by atoms with Gasteiger partial charge in [-0.05, 0) is 50.2 Å². The van der Waals surface area contributed by atoms with Gasteiger partial charge in [-0.3, -0.25) is 14.3 Å². The summed E-state index contributed by atoms with van der Waals surface area (Å²) < 4.78 is 7.21. The lowest BCUT2D eigenvalue weighted by Gasteiger charge is -2.27. The van der Waals surface area contributed by atoms with Gasteiger partial charge in [0.15, 0.2) is 0 Å². The van der Waals surface area contributed by atoms with Crippen molar-refractivity contribution in [3.8, 4) is 0 Å². The molecule has 5 nitrogen and oxygen atoms in total. The van der Waals surface area contributed by atoms with Gasteiger partial charge in [-0.15, -0.1) is 0 Å². The Morgan fingerprint density at radius 3 is 2.62 bits per heavy atom. The molecule has 1 saturated heterocycles. The van der Waals surface area contributed by atoms with E-state index in [9.17, 15) is 4.79 Å². The quantitative estimate of drug-likeness (QED) is 0.740. The monoisotopic (exact) mass is 323 g/mol. The number of rotatable bonds is 4. The van der Waals surface area contributed by atoms with Crippen LogP contribution in [0.2, 0.25) is 0 Å². The Morgan fingerprint density at radius 2 is 1.83 bits per heavy atom. The number of fused-ring (bicyclic) bond motifs is 1. The normalized spacial score (nSPS) is 15.8. The fraction of sp³-hybridized carbons (Fsp3) is 0.368. The Labute approximate surface area is 140 Å². The highest BCUT2D eigenvalue weighted by atomic mass is 16.3. The predicted molar refractivity (Wildman–Crippen MR) is 92.9 cm³/mol. The van der Waals surface area contributed by atoms with Crippen LogP contribution in [0.4, 0.5) is 0 Å². The number of piperidine rings is 1. The van der Waals surface area contributed by atoms with Gasteiger partial charge in [-0.25, -0.2) is 4.98 Å². The zero-order valence-electron chi connectivity index (χ0n) is 13.6. The fourth-order valence-electron chi connectivity index (χ4n) is 3.37. The highest BCUT2D eigenvalue weighted by molar-refractivity contribution is 5.77. The lowest BCUT2D eigenvalue weighted by atomic mass is 10.1. The summed E-state index contributed by atoms with van der Waals surface area (Å²) in [6, 6.07) is 11.3. The Bertz CT molecular complexity index is 877. The zero-order chi connectivity index (χ0) is 16.4. The Morgan fingerprint density at radius 1 is 1.00 bits per heavy atom. The van der Waals surface area contributed by atoms with Crippen LogP contribution in [0, 0.1) is 0 Å². The van der Waals surface area contributed by atoms with Crippen molar-refractivity contribution in [3.05, 3.63) is 64.6 Å². The summed E-state index contributed by atoms with van der Waals surface area (Å²) in [7, 11) is 0. The van der Waals surface area contributed by atoms with Crippen LogP contribution < -0.4 is 5.56 Å². The highest BCUT2D eigenvalue weighted by Gasteiger charge is 2.17. The van der Waals surface area contributed by atoms with Crippen molar-refractivity contribution < 1.29 is 4.42 Å². The van der Waals surface area contributed by atoms with Gasteiger partial charge >= 0.3 is 0 Å². The van der Waals surface area contributed by atoms with Crippen molar-refractivity contribution in [2.75, 3.05) is 13.1 Å². The largest absolute Gasteiger partial charge is 0.467 e. The van der Waals surface area contributed by atoms with Gasteiger partial charge in [0.2, 0.25) is 0 Å². The number of likely N-dealkylation sites (tertiary alicyclic amines) is 1. The van der Waals surface area contributed by atoms with Crippen LogP contribution in [0.5, 0.6) is 0 Å². The first kappa shape index (κ1) is 15.1. The Hall–Kier alpha value is -2.40. The molecule has 1 fully saturated rings. The molecule has 5 heteroatoms. The van der Waals surface area contributed by atoms with Crippen LogP contribution in [-0.4, -0.2) is 27.5 Å². The minimum absolute atomic E-state index is 0.00371. The molecule has 0 radical (unpaired) electrons. The lowest BCUT2D eigenvalue weighted by molar-refractivity contribution is 0.212. The number of hydrogen-bond donors (Lipinski definition) is 0. The van der Waals surface area contributed by atoms with Gasteiger partial charge < -0.3 is 4.42 Å². The van der Waals surface area contributed by atoms with Crippen molar-refractivity contribution in [2.45, 2.75) is 32.4 Å². The van der Waals surface area contributed by atoms with E-state index in [1.165, 1.54) is 19.3 Å². The summed E-state index contributed by atoms with van der Waals surface area (Å²) in [5, 5.41) is 0.659. The van der Waals surface area contributed by atoms with E-state index in [1.54, 1.807) is 10.8 Å². The van der Waals surface area contributed by atoms with Crippen LogP contribution in [0.3, 0.4) is 0 Å². The Kier molecular flexibility index (Phi) is 4.17. The third kappa shape index (κ3) is 2.99. The maximum Gasteiger partial charge on any atom is 0.261 e. The van der Waals surface area contributed by atoms with E-state index >= 15 is 0 Å². The van der Waals surface area contributed by atoms with Crippen molar-refractivity contribution >= 4 is 10.9 Å². The van der Waals surface area contributed by atoms with Crippen molar-refractivity contribution in [1.29, 1.82) is 0 Å². The third-order valence-electron chi connectivity index (χ3n) is 4.65. The molecule has 0 N–H and O–H groups in total. The van der Waals surface area contributed by atoms with E-state index in [0.717, 1.165) is 30.2 Å². The topological polar surface area (TPSA) is 51.3 Å². The molecule has 3 heterocycles. The predicted octanol–water partition coefficient (Wildman–Crippen LogP) is 3.02. The summed E-state index contributed by atoms with van der Waals surface area (Å²) >= 11 is 0. The molecule has 0 unspecified atom stereocenters. The highest BCUT2D eigenvalue weighted by Crippen LogP contribution is 2.15. The first-order chi connectivity index (χ1) is 11.8. The molecule has 124 valence electrons. The number of furan rings is 1. The van der Waals surface area contributed by atoms with E-state index in [4.69, 9.17) is 9.40 Å². The lowest BCUT2D eigenvalue weighted by Crippen LogP contribution is -2.34. The van der Waals surface area contributed by atoms with Crippen LogP contribution in [0.15, 0.2) is 51.9 Å². The van der Waals surface area contributed by atoms with E-state index in [2.05, 4.69) is 4.90 Å². The van der Waals surface area contributed by atoms with E-state index in [1.807, 2.05) is 36.4 Å². The number of benzene rings is 1. The van der Waals surface area contributed by atoms with Crippen LogP contribution in [-0.2, 0) is 13.1 Å². The molecule has 4 rings (SSSR count). The number of aromatic nitrogens is 2. The molecule has 3 aromatic rings. The maximum atomic E-state index is 13.0. The number of para-hydroxylation sites is 1. The average Bonchev–Trinajstić information content (AvgIpc) is 3.12. The zero-order valence-corrected chi connectivity index (χ0v) is 13.6. The second-order valence-corrected chi connectivity index (χ2v) is 6.35. The average molecular weight is 323 g/mol. The summed E-state index contributed by atoms with van der Waals surface area (Å²) in [6.07, 6.45) is 5.37. The van der Waals surface area contributed by atoms with Crippen molar-refractivity contribution in [2.24, 2.45) is 0 Å². The molecule has 0 aliphatic carbocycles. The molecule has 1 aliphatic rings. The maximum absolute atomic E-state index is 13.0. The summed E-state index contributed by atoms with van der Waals surface area (Å²) in [6.45, 7) is 3.28. The molecule has 0 saturated carbocycles. The van der Waals surface area contributed by atoms with E-state index in [-0.39, 0.29) is 5.56 Å². The van der Waals surface area contributed by atoms with E-state index in [0.29, 0.717) is 18.5 Å². The summed E-state index contributed by atoms with van der Waals surface area (Å²) in [4.78, 5) is 20.2. The summed E-state index contributed by atoms with van der Waals surface area (Å²) in [5.74, 6) is 1.59. The standard InChI is InChI=1S/C19H21N3O2/c23-19-16-8-2-3-9-17(16)20-18(14-21-10-4-1-5-11-21)22(19)13-15-7-6-12-24-15/h2-3,6-9,12H,1,4-5,10-11,13-14H2. The van der Waals surface area contributed by atoms with E-state index < -0.39 is 0 Å². The number of nitrogens with zero attached hydrogens (tertiary/aromatic N) is 3. The van der Waals surface area contributed by atoms with Gasteiger partial charge in [-0.1, -0.05) is 18.6 Å². The molecule has 0 amide bonds. The van der Waals surface area contributed by atoms with Gasteiger partial charge in [0.05, 0.1) is 30.3 Å². The van der Waals surface area contributed by atoms with Crippen molar-refractivity contribution in [1.82, 2.24) is 14.5 Å². The summed E-state index contributed by atoms with van der Waals surface area (Å²) in [5.41, 5.74) is 0.772. The van der Waals surface area contributed by atoms with Gasteiger partial charge in [0, 0.05) is 0 Å². The molecule has 0 bridgehead atoms. The first-order valence-corrected chi connectivity index (χ1v) is 8.54. The fourth-order valence-corrected chi connectivity index (χ4v) is 3.37. The van der Waals surface area contributed by atoms with Crippen LogP contribution in [0.1, 0.15) is 30.8 Å². The molecule has 0 spiro atoms. The smallest absolute Gasteiger partial charge is 0.261 e. The molecular weight excluding hydrogens is 302 g/mol. The molecule has 1 aromatic carbocycles. The minimum Gasteiger partial charge on any atom is -0.467 e. The van der Waals surface area contributed by atoms with Crippen LogP contribution >= 0.6 is 0 Å². The van der Waals surface area contributed by atoms with Crippen molar-refractivity contribution in [3.63, 3.8) is 0 Å². The SMILES string of the molecule is O=c1c2ccccc2nc(CN2CCCCC2)n1Cc1ccco1. The van der Waals surface area contributed by atoms with Gasteiger partial charge in [-0.2, -0.15) is 0 Å². The molecule has 0 atom stereocenters. The molecule has 1 aliphatic heterocycles. The van der Waals surface area contributed by atoms with Crippen LogP contribution in [0.25, 0.3) is 10.9 Å². The minimum atomic E-state index is 0.00371. The second kappa shape index (κ2) is 6.61. The first-order valence-electron chi connectivity index (χ1n) is 8.54. The molecule has 2 aromatic heterocycles. The van der Waals surface area contributed by atoms with Gasteiger partial charge in [0.1, 0.15) is 11.6 Å². The second-order valence-electron chi connectivity index (χ2n) is 6.35. The third-order valence-corrected chi connectivity index (χ3v) is 4.65. The molecular formula is C19H21N3O2. The Balaban J connectivity index is 1.77. The molecule has 24 heavy (non-hydrogen) atoms. The number of hydrogen-bond acceptors (Lipinski definition) is 4.